The minimum absolute atomic E-state index is 0.269. The summed E-state index contributed by atoms with van der Waals surface area (Å²) in [6.07, 6.45) is 0. The van der Waals surface area contributed by atoms with E-state index >= 15 is 0 Å². The van der Waals surface area contributed by atoms with Crippen molar-refractivity contribution in [2.75, 3.05) is 17.7 Å². The van der Waals surface area contributed by atoms with E-state index in [1.807, 2.05) is 31.2 Å². The number of benzene rings is 1. The maximum absolute atomic E-state index is 11.9. The fourth-order valence-corrected chi connectivity index (χ4v) is 1.42. The molecule has 1 amide bonds. The van der Waals surface area contributed by atoms with Crippen LogP contribution >= 0.6 is 0 Å². The Morgan fingerprint density at radius 2 is 1.78 bits per heavy atom. The maximum Gasteiger partial charge on any atom is 0.276 e. The molecule has 0 saturated heterocycles. The van der Waals surface area contributed by atoms with Crippen molar-refractivity contribution < 1.29 is 4.79 Å². The van der Waals surface area contributed by atoms with Gasteiger partial charge in [-0.05, 0) is 31.2 Å². The highest BCUT2D eigenvalue weighted by Gasteiger charge is 2.08. The van der Waals surface area contributed by atoms with Gasteiger partial charge < -0.3 is 10.6 Å². The fraction of sp³-hybridized carbons (Fsp3) is 0.154. The molecule has 0 spiro atoms. The number of aryl methyl sites for hydroxylation is 1. The van der Waals surface area contributed by atoms with Gasteiger partial charge in [-0.1, -0.05) is 17.7 Å². The molecule has 0 aliphatic carbocycles. The quantitative estimate of drug-likeness (QED) is 0.864. The minimum atomic E-state index is -0.269. The third kappa shape index (κ3) is 2.82. The van der Waals surface area contributed by atoms with Crippen molar-refractivity contribution in [2.45, 2.75) is 6.92 Å². The summed E-state index contributed by atoms with van der Waals surface area (Å²) < 4.78 is 0. The third-order valence-corrected chi connectivity index (χ3v) is 2.46. The molecule has 0 fully saturated rings. The summed E-state index contributed by atoms with van der Waals surface area (Å²) in [6.45, 7) is 1.99. The van der Waals surface area contributed by atoms with Crippen LogP contribution in [0.4, 0.5) is 11.5 Å². The van der Waals surface area contributed by atoms with Crippen molar-refractivity contribution in [2.24, 2.45) is 0 Å². The molecule has 5 nitrogen and oxygen atoms in total. The van der Waals surface area contributed by atoms with Crippen molar-refractivity contribution in [3.8, 4) is 0 Å². The van der Waals surface area contributed by atoms with E-state index in [2.05, 4.69) is 20.8 Å². The second-order valence-electron chi connectivity index (χ2n) is 3.87. The Hall–Kier alpha value is -2.43. The number of amides is 1. The molecule has 1 heterocycles. The Morgan fingerprint density at radius 1 is 1.06 bits per heavy atom. The van der Waals surface area contributed by atoms with Crippen LogP contribution in [0.15, 0.2) is 36.4 Å². The second kappa shape index (κ2) is 5.27. The maximum atomic E-state index is 11.9. The van der Waals surface area contributed by atoms with E-state index < -0.39 is 0 Å². The molecule has 1 aromatic carbocycles. The zero-order valence-corrected chi connectivity index (χ0v) is 10.3. The standard InChI is InChI=1S/C13H14N4O/c1-9-3-5-10(6-4-9)15-13(18)11-7-8-12(14-2)17-16-11/h3-8H,1-2H3,(H,14,17)(H,15,18). The smallest absolute Gasteiger partial charge is 0.276 e. The molecule has 5 heteroatoms. The first kappa shape index (κ1) is 12.0. The molecule has 0 saturated carbocycles. The lowest BCUT2D eigenvalue weighted by Gasteiger charge is -2.05. The van der Waals surface area contributed by atoms with Crippen LogP contribution in [0.2, 0.25) is 0 Å². The summed E-state index contributed by atoms with van der Waals surface area (Å²) >= 11 is 0. The molecule has 0 aliphatic rings. The zero-order chi connectivity index (χ0) is 13.0. The average Bonchev–Trinajstić information content (AvgIpc) is 2.41. The van der Waals surface area contributed by atoms with Crippen LogP contribution in [0.1, 0.15) is 16.1 Å². The average molecular weight is 242 g/mol. The van der Waals surface area contributed by atoms with Crippen LogP contribution in [0.3, 0.4) is 0 Å². The Morgan fingerprint density at radius 3 is 2.33 bits per heavy atom. The molecule has 18 heavy (non-hydrogen) atoms. The summed E-state index contributed by atoms with van der Waals surface area (Å²) in [4.78, 5) is 11.9. The molecule has 0 aliphatic heterocycles. The molecule has 0 bridgehead atoms. The molecule has 0 atom stereocenters. The molecular weight excluding hydrogens is 228 g/mol. The number of nitrogens with zero attached hydrogens (tertiary/aromatic N) is 2. The Kier molecular flexibility index (Phi) is 3.52. The summed E-state index contributed by atoms with van der Waals surface area (Å²) in [5.74, 6) is 0.357. The number of hydrogen-bond donors (Lipinski definition) is 2. The lowest BCUT2D eigenvalue weighted by atomic mass is 10.2. The minimum Gasteiger partial charge on any atom is -0.372 e. The van der Waals surface area contributed by atoms with E-state index in [1.165, 1.54) is 0 Å². The molecule has 1 aromatic heterocycles. The van der Waals surface area contributed by atoms with Gasteiger partial charge >= 0.3 is 0 Å². The Bertz CT molecular complexity index is 534. The van der Waals surface area contributed by atoms with Crippen molar-refractivity contribution >= 4 is 17.4 Å². The van der Waals surface area contributed by atoms with E-state index in [4.69, 9.17) is 0 Å². The van der Waals surface area contributed by atoms with E-state index in [-0.39, 0.29) is 11.6 Å². The summed E-state index contributed by atoms with van der Waals surface area (Å²) in [5, 5.41) is 13.3. The normalized spacial score (nSPS) is 9.89. The number of carbonyl (C=O) groups excluding carboxylic acids is 1. The highest BCUT2D eigenvalue weighted by atomic mass is 16.1. The van der Waals surface area contributed by atoms with Crippen LogP contribution in [0.25, 0.3) is 0 Å². The molecule has 0 unspecified atom stereocenters. The highest BCUT2D eigenvalue weighted by molar-refractivity contribution is 6.02. The predicted molar refractivity (Wildman–Crippen MR) is 70.7 cm³/mol. The number of aromatic nitrogens is 2. The highest BCUT2D eigenvalue weighted by Crippen LogP contribution is 2.10. The van der Waals surface area contributed by atoms with Crippen LogP contribution < -0.4 is 10.6 Å². The van der Waals surface area contributed by atoms with Gasteiger partial charge in [0.2, 0.25) is 0 Å². The summed E-state index contributed by atoms with van der Waals surface area (Å²) in [7, 11) is 1.75. The first-order valence-corrected chi connectivity index (χ1v) is 5.58. The third-order valence-electron chi connectivity index (χ3n) is 2.46. The van der Waals surface area contributed by atoms with Crippen LogP contribution in [-0.2, 0) is 0 Å². The first-order valence-electron chi connectivity index (χ1n) is 5.58. The van der Waals surface area contributed by atoms with E-state index in [0.717, 1.165) is 11.3 Å². The molecule has 0 radical (unpaired) electrons. The number of hydrogen-bond acceptors (Lipinski definition) is 4. The van der Waals surface area contributed by atoms with Gasteiger partial charge in [0.1, 0.15) is 5.82 Å². The lowest BCUT2D eigenvalue weighted by Crippen LogP contribution is -2.14. The summed E-state index contributed by atoms with van der Waals surface area (Å²) in [6, 6.07) is 10.9. The Labute approximate surface area is 105 Å². The number of carbonyl (C=O) groups is 1. The van der Waals surface area contributed by atoms with Gasteiger partial charge in [0.05, 0.1) is 0 Å². The number of nitrogens with one attached hydrogen (secondary N) is 2. The Balaban J connectivity index is 2.09. The van der Waals surface area contributed by atoms with Gasteiger partial charge in [0, 0.05) is 12.7 Å². The predicted octanol–water partition coefficient (Wildman–Crippen LogP) is 2.08. The van der Waals surface area contributed by atoms with Gasteiger partial charge in [-0.3, -0.25) is 4.79 Å². The topological polar surface area (TPSA) is 66.9 Å². The van der Waals surface area contributed by atoms with Gasteiger partial charge in [-0.25, -0.2) is 0 Å². The molecule has 2 N–H and O–H groups in total. The van der Waals surface area contributed by atoms with Crippen LogP contribution in [-0.4, -0.2) is 23.2 Å². The van der Waals surface area contributed by atoms with Crippen molar-refractivity contribution in [3.05, 3.63) is 47.7 Å². The van der Waals surface area contributed by atoms with E-state index in [9.17, 15) is 4.79 Å². The molecular formula is C13H14N4O. The molecule has 2 rings (SSSR count). The lowest BCUT2D eigenvalue weighted by molar-refractivity contribution is 0.102. The van der Waals surface area contributed by atoms with E-state index in [0.29, 0.717) is 5.82 Å². The van der Waals surface area contributed by atoms with Crippen LogP contribution in [0.5, 0.6) is 0 Å². The van der Waals surface area contributed by atoms with Gasteiger partial charge in [-0.15, -0.1) is 10.2 Å². The van der Waals surface area contributed by atoms with Crippen molar-refractivity contribution in [1.82, 2.24) is 10.2 Å². The van der Waals surface area contributed by atoms with Crippen molar-refractivity contribution in [3.63, 3.8) is 0 Å². The van der Waals surface area contributed by atoms with Crippen LogP contribution in [0, 0.1) is 6.92 Å². The second-order valence-corrected chi connectivity index (χ2v) is 3.87. The largest absolute Gasteiger partial charge is 0.372 e. The SMILES string of the molecule is CNc1ccc(C(=O)Nc2ccc(C)cc2)nn1. The van der Waals surface area contributed by atoms with Gasteiger partial charge in [-0.2, -0.15) is 0 Å². The number of rotatable bonds is 3. The molecule has 92 valence electrons. The number of anilines is 2. The first-order chi connectivity index (χ1) is 8.69. The zero-order valence-electron chi connectivity index (χ0n) is 10.3. The fourth-order valence-electron chi connectivity index (χ4n) is 1.42. The van der Waals surface area contributed by atoms with Gasteiger partial charge in [0.25, 0.3) is 5.91 Å². The van der Waals surface area contributed by atoms with Crippen molar-refractivity contribution in [1.29, 1.82) is 0 Å². The van der Waals surface area contributed by atoms with E-state index in [1.54, 1.807) is 19.2 Å². The summed E-state index contributed by atoms with van der Waals surface area (Å²) in [5.41, 5.74) is 2.17. The monoisotopic (exact) mass is 242 g/mol. The molecule has 2 aromatic rings. The van der Waals surface area contributed by atoms with Gasteiger partial charge in [0.15, 0.2) is 5.69 Å².